The van der Waals surface area contributed by atoms with Crippen LogP contribution in [0.2, 0.25) is 5.02 Å². The van der Waals surface area contributed by atoms with E-state index in [1.54, 1.807) is 0 Å². The Kier molecular flexibility index (Phi) is 5.48. The highest BCUT2D eigenvalue weighted by atomic mass is 35.5. The van der Waals surface area contributed by atoms with Gasteiger partial charge in [0.25, 0.3) is 0 Å². The Labute approximate surface area is 137 Å². The van der Waals surface area contributed by atoms with Gasteiger partial charge in [0, 0.05) is 18.7 Å². The van der Waals surface area contributed by atoms with Crippen LogP contribution in [0.5, 0.6) is 0 Å². The van der Waals surface area contributed by atoms with Crippen molar-refractivity contribution in [1.82, 2.24) is 14.9 Å². The third-order valence-corrected chi connectivity index (χ3v) is 4.41. The highest BCUT2D eigenvalue weighted by Crippen LogP contribution is 2.23. The van der Waals surface area contributed by atoms with Gasteiger partial charge >= 0.3 is 0 Å². The number of hydrogen-bond donors (Lipinski definition) is 2. The van der Waals surface area contributed by atoms with Crippen LogP contribution in [0.25, 0.3) is 11.0 Å². The van der Waals surface area contributed by atoms with Gasteiger partial charge in [-0.05, 0) is 49.9 Å². The molecule has 0 bridgehead atoms. The molecule has 0 spiro atoms. The minimum atomic E-state index is -0.000425. The van der Waals surface area contributed by atoms with Crippen LogP contribution in [0, 0.1) is 5.41 Å². The Morgan fingerprint density at radius 1 is 1.41 bits per heavy atom. The summed E-state index contributed by atoms with van der Waals surface area (Å²) in [5, 5.41) is 13.5. The van der Waals surface area contributed by atoms with E-state index < -0.39 is 0 Å². The molecule has 0 aliphatic rings. The number of hydrogen-bond acceptors (Lipinski definition) is 3. The van der Waals surface area contributed by atoms with Gasteiger partial charge in [0.1, 0.15) is 5.82 Å². The maximum absolute atomic E-state index is 9.28. The molecule has 1 atom stereocenters. The molecular weight excluding hydrogens is 298 g/mol. The fourth-order valence-electron chi connectivity index (χ4n) is 2.62. The third-order valence-electron chi connectivity index (χ3n) is 4.17. The number of aliphatic hydroxyl groups is 1. The standard InChI is InChI=1S/C17H26ClN3O/c1-12(19-9-5-8-17(2,3)11-22)16-20-14-7-6-13(18)10-15(14)21(16)4/h6-7,10,12,19,22H,5,8-9,11H2,1-4H3. The SMILES string of the molecule is CC(NCCCC(C)(C)CO)c1nc2ccc(Cl)cc2n1C. The number of aliphatic hydroxyl groups excluding tert-OH is 1. The maximum Gasteiger partial charge on any atom is 0.126 e. The number of fused-ring (bicyclic) bond motifs is 1. The lowest BCUT2D eigenvalue weighted by Gasteiger charge is -2.22. The molecule has 0 saturated carbocycles. The number of aryl methyl sites for hydroxylation is 1. The minimum Gasteiger partial charge on any atom is -0.396 e. The number of nitrogens with one attached hydrogen (secondary N) is 1. The van der Waals surface area contributed by atoms with E-state index in [4.69, 9.17) is 16.6 Å². The summed E-state index contributed by atoms with van der Waals surface area (Å²) in [5.74, 6) is 1.01. The fourth-order valence-corrected chi connectivity index (χ4v) is 2.79. The first-order valence-electron chi connectivity index (χ1n) is 7.80. The number of benzene rings is 1. The fraction of sp³-hybridized carbons (Fsp3) is 0.588. The Bertz CT molecular complexity index is 636. The predicted molar refractivity (Wildman–Crippen MR) is 92.2 cm³/mol. The first-order chi connectivity index (χ1) is 10.3. The van der Waals surface area contributed by atoms with Gasteiger partial charge in [-0.3, -0.25) is 0 Å². The lowest BCUT2D eigenvalue weighted by Crippen LogP contribution is -2.24. The van der Waals surface area contributed by atoms with Crippen molar-refractivity contribution in [1.29, 1.82) is 0 Å². The van der Waals surface area contributed by atoms with E-state index in [0.29, 0.717) is 0 Å². The van der Waals surface area contributed by atoms with Crippen LogP contribution in [0.4, 0.5) is 0 Å². The highest BCUT2D eigenvalue weighted by molar-refractivity contribution is 6.31. The van der Waals surface area contributed by atoms with E-state index in [2.05, 4.69) is 30.7 Å². The van der Waals surface area contributed by atoms with Crippen LogP contribution in [0.3, 0.4) is 0 Å². The van der Waals surface area contributed by atoms with Crippen LogP contribution >= 0.6 is 11.6 Å². The summed E-state index contributed by atoms with van der Waals surface area (Å²) in [5.41, 5.74) is 2.02. The summed E-state index contributed by atoms with van der Waals surface area (Å²) in [6.07, 6.45) is 2.04. The van der Waals surface area contributed by atoms with Crippen LogP contribution in [-0.4, -0.2) is 27.8 Å². The van der Waals surface area contributed by atoms with Crippen LogP contribution in [-0.2, 0) is 7.05 Å². The summed E-state index contributed by atoms with van der Waals surface area (Å²) in [4.78, 5) is 4.70. The van der Waals surface area contributed by atoms with Gasteiger partial charge < -0.3 is 15.0 Å². The molecule has 2 rings (SSSR count). The number of aromatic nitrogens is 2. The van der Waals surface area contributed by atoms with Gasteiger partial charge in [-0.1, -0.05) is 25.4 Å². The van der Waals surface area contributed by atoms with Crippen molar-refractivity contribution in [2.24, 2.45) is 12.5 Å². The summed E-state index contributed by atoms with van der Waals surface area (Å²) in [6, 6.07) is 5.95. The van der Waals surface area contributed by atoms with Gasteiger partial charge in [-0.15, -0.1) is 0 Å². The lowest BCUT2D eigenvalue weighted by molar-refractivity contribution is 0.147. The summed E-state index contributed by atoms with van der Waals surface area (Å²) < 4.78 is 2.09. The van der Waals surface area contributed by atoms with Crippen molar-refractivity contribution < 1.29 is 5.11 Å². The molecule has 122 valence electrons. The second-order valence-electron chi connectivity index (χ2n) is 6.76. The zero-order chi connectivity index (χ0) is 16.3. The highest BCUT2D eigenvalue weighted by Gasteiger charge is 2.17. The second kappa shape index (κ2) is 6.99. The van der Waals surface area contributed by atoms with Crippen molar-refractivity contribution in [2.75, 3.05) is 13.2 Å². The maximum atomic E-state index is 9.28. The average molecular weight is 324 g/mol. The smallest absolute Gasteiger partial charge is 0.126 e. The largest absolute Gasteiger partial charge is 0.396 e. The monoisotopic (exact) mass is 323 g/mol. The van der Waals surface area contributed by atoms with Gasteiger partial charge in [0.05, 0.1) is 17.1 Å². The molecule has 0 aliphatic carbocycles. The molecular formula is C17H26ClN3O. The first-order valence-corrected chi connectivity index (χ1v) is 8.18. The molecule has 0 aliphatic heterocycles. The number of halogens is 1. The molecule has 2 aromatic rings. The Morgan fingerprint density at radius 3 is 2.82 bits per heavy atom. The molecule has 22 heavy (non-hydrogen) atoms. The molecule has 5 heteroatoms. The normalized spacial score (nSPS) is 13.7. The molecule has 0 fully saturated rings. The number of imidazole rings is 1. The average Bonchev–Trinajstić information content (AvgIpc) is 2.80. The molecule has 2 N–H and O–H groups in total. The quantitative estimate of drug-likeness (QED) is 0.764. The number of rotatable bonds is 7. The summed E-state index contributed by atoms with van der Waals surface area (Å²) >= 11 is 6.06. The second-order valence-corrected chi connectivity index (χ2v) is 7.20. The minimum absolute atomic E-state index is 0.000425. The first kappa shape index (κ1) is 17.3. The van der Waals surface area contributed by atoms with Crippen molar-refractivity contribution in [2.45, 2.75) is 39.7 Å². The molecule has 0 radical (unpaired) electrons. The van der Waals surface area contributed by atoms with Gasteiger partial charge in [-0.2, -0.15) is 0 Å². The van der Waals surface area contributed by atoms with Crippen molar-refractivity contribution in [3.8, 4) is 0 Å². The van der Waals surface area contributed by atoms with Gasteiger partial charge in [-0.25, -0.2) is 4.98 Å². The van der Waals surface area contributed by atoms with Crippen molar-refractivity contribution >= 4 is 22.6 Å². The zero-order valence-corrected chi connectivity index (χ0v) is 14.6. The molecule has 1 aromatic carbocycles. The Balaban J connectivity index is 1.98. The van der Waals surface area contributed by atoms with Crippen molar-refractivity contribution in [3.63, 3.8) is 0 Å². The zero-order valence-electron chi connectivity index (χ0n) is 13.9. The number of nitrogens with zero attached hydrogens (tertiary/aromatic N) is 2. The predicted octanol–water partition coefficient (Wildman–Crippen LogP) is 3.68. The van der Waals surface area contributed by atoms with E-state index in [0.717, 1.165) is 41.3 Å². The van der Waals surface area contributed by atoms with E-state index in [1.807, 2.05) is 25.2 Å². The summed E-state index contributed by atoms with van der Waals surface area (Å²) in [7, 11) is 2.02. The van der Waals surface area contributed by atoms with E-state index in [1.165, 1.54) is 0 Å². The van der Waals surface area contributed by atoms with Crippen LogP contribution in [0.15, 0.2) is 18.2 Å². The molecule has 1 aromatic heterocycles. The molecule has 1 heterocycles. The third kappa shape index (κ3) is 4.00. The van der Waals surface area contributed by atoms with Crippen LogP contribution < -0.4 is 5.32 Å². The Morgan fingerprint density at radius 2 is 2.14 bits per heavy atom. The van der Waals surface area contributed by atoms with Gasteiger partial charge in [0.15, 0.2) is 0 Å². The molecule has 0 saturated heterocycles. The van der Waals surface area contributed by atoms with E-state index in [9.17, 15) is 5.11 Å². The summed E-state index contributed by atoms with van der Waals surface area (Å²) in [6.45, 7) is 7.44. The molecule has 4 nitrogen and oxygen atoms in total. The van der Waals surface area contributed by atoms with E-state index >= 15 is 0 Å². The lowest BCUT2D eigenvalue weighted by atomic mass is 9.89. The van der Waals surface area contributed by atoms with E-state index in [-0.39, 0.29) is 18.1 Å². The Hall–Kier alpha value is -1.10. The van der Waals surface area contributed by atoms with Gasteiger partial charge in [0.2, 0.25) is 0 Å². The van der Waals surface area contributed by atoms with Crippen molar-refractivity contribution in [3.05, 3.63) is 29.0 Å². The molecule has 1 unspecified atom stereocenters. The van der Waals surface area contributed by atoms with Crippen LogP contribution in [0.1, 0.15) is 45.5 Å². The topological polar surface area (TPSA) is 50.1 Å². The molecule has 0 amide bonds.